The average Bonchev–Trinajstić information content (AvgIpc) is 2.44. The van der Waals surface area contributed by atoms with Gasteiger partial charge in [0.15, 0.2) is 0 Å². The predicted octanol–water partition coefficient (Wildman–Crippen LogP) is 5.37. The standard InChI is InChI=1S/C15H17Cl2N3S/c1-4-7-18-14-9(2)15(20-10(3)19-14)21-13-8-11(16)5-6-12(13)17/h5-6,8H,4,7H2,1-3H3,(H,18,19,20). The Balaban J connectivity index is 2.35. The lowest BCUT2D eigenvalue weighted by atomic mass is 10.3. The summed E-state index contributed by atoms with van der Waals surface area (Å²) in [6, 6.07) is 5.43. The number of hydrogen-bond donors (Lipinski definition) is 1. The van der Waals surface area contributed by atoms with Crippen molar-refractivity contribution in [3.63, 3.8) is 0 Å². The maximum atomic E-state index is 6.22. The van der Waals surface area contributed by atoms with Crippen molar-refractivity contribution in [2.75, 3.05) is 11.9 Å². The monoisotopic (exact) mass is 341 g/mol. The van der Waals surface area contributed by atoms with Gasteiger partial charge < -0.3 is 5.32 Å². The van der Waals surface area contributed by atoms with Crippen molar-refractivity contribution >= 4 is 40.8 Å². The van der Waals surface area contributed by atoms with E-state index in [0.717, 1.165) is 40.1 Å². The molecule has 0 spiro atoms. The minimum absolute atomic E-state index is 0.662. The third-order valence-electron chi connectivity index (χ3n) is 2.86. The van der Waals surface area contributed by atoms with Gasteiger partial charge in [0.05, 0.1) is 5.02 Å². The molecule has 0 bridgehead atoms. The minimum Gasteiger partial charge on any atom is -0.370 e. The molecule has 2 rings (SSSR count). The zero-order valence-corrected chi connectivity index (χ0v) is 14.5. The number of nitrogens with one attached hydrogen (secondary N) is 1. The summed E-state index contributed by atoms with van der Waals surface area (Å²) in [5, 5.41) is 5.56. The lowest BCUT2D eigenvalue weighted by molar-refractivity contribution is 0.908. The second-order valence-electron chi connectivity index (χ2n) is 4.65. The lowest BCUT2D eigenvalue weighted by Gasteiger charge is -2.12. The summed E-state index contributed by atoms with van der Waals surface area (Å²) in [6.07, 6.45) is 1.05. The molecule has 0 radical (unpaired) electrons. The molecule has 1 aromatic heterocycles. The van der Waals surface area contributed by atoms with Crippen LogP contribution in [0.25, 0.3) is 0 Å². The number of nitrogens with zero attached hydrogens (tertiary/aromatic N) is 2. The molecule has 1 aromatic carbocycles. The molecule has 0 fully saturated rings. The largest absolute Gasteiger partial charge is 0.370 e. The Morgan fingerprint density at radius 2 is 1.95 bits per heavy atom. The van der Waals surface area contributed by atoms with Crippen molar-refractivity contribution in [2.24, 2.45) is 0 Å². The fraction of sp³-hybridized carbons (Fsp3) is 0.333. The number of hydrogen-bond acceptors (Lipinski definition) is 4. The van der Waals surface area contributed by atoms with E-state index in [1.54, 1.807) is 12.1 Å². The number of aryl methyl sites for hydroxylation is 1. The molecule has 0 aliphatic heterocycles. The van der Waals surface area contributed by atoms with Crippen molar-refractivity contribution < 1.29 is 0 Å². The quantitative estimate of drug-likeness (QED) is 0.741. The van der Waals surface area contributed by atoms with Gasteiger partial charge in [-0.05, 0) is 38.5 Å². The van der Waals surface area contributed by atoms with Crippen molar-refractivity contribution in [1.29, 1.82) is 0 Å². The van der Waals surface area contributed by atoms with Crippen LogP contribution < -0.4 is 5.32 Å². The predicted molar refractivity (Wildman–Crippen MR) is 90.9 cm³/mol. The molecule has 0 aliphatic rings. The van der Waals surface area contributed by atoms with E-state index in [1.165, 1.54) is 11.8 Å². The smallest absolute Gasteiger partial charge is 0.133 e. The summed E-state index contributed by atoms with van der Waals surface area (Å²) in [4.78, 5) is 9.87. The Morgan fingerprint density at radius 3 is 2.67 bits per heavy atom. The van der Waals surface area contributed by atoms with E-state index in [0.29, 0.717) is 10.0 Å². The van der Waals surface area contributed by atoms with Gasteiger partial charge in [-0.25, -0.2) is 9.97 Å². The maximum Gasteiger partial charge on any atom is 0.133 e. The van der Waals surface area contributed by atoms with Crippen molar-refractivity contribution in [3.05, 3.63) is 39.6 Å². The number of aromatic nitrogens is 2. The molecule has 112 valence electrons. The Morgan fingerprint density at radius 1 is 1.19 bits per heavy atom. The van der Waals surface area contributed by atoms with Gasteiger partial charge in [0, 0.05) is 22.0 Å². The average molecular weight is 342 g/mol. The number of rotatable bonds is 5. The van der Waals surface area contributed by atoms with E-state index in [1.807, 2.05) is 19.9 Å². The topological polar surface area (TPSA) is 37.8 Å². The maximum absolute atomic E-state index is 6.22. The molecular formula is C15H17Cl2N3S. The number of halogens is 2. The first-order valence-electron chi connectivity index (χ1n) is 6.73. The van der Waals surface area contributed by atoms with Crippen LogP contribution >= 0.6 is 35.0 Å². The molecule has 0 aliphatic carbocycles. The molecule has 6 heteroatoms. The highest BCUT2D eigenvalue weighted by Crippen LogP contribution is 2.36. The van der Waals surface area contributed by atoms with E-state index < -0.39 is 0 Å². The number of benzene rings is 1. The SMILES string of the molecule is CCCNc1nc(C)nc(Sc2cc(Cl)ccc2Cl)c1C. The first-order chi connectivity index (χ1) is 10.0. The molecule has 1 N–H and O–H groups in total. The van der Waals surface area contributed by atoms with E-state index in [-0.39, 0.29) is 0 Å². The molecule has 1 heterocycles. The van der Waals surface area contributed by atoms with Crippen molar-refractivity contribution in [2.45, 2.75) is 37.1 Å². The van der Waals surface area contributed by atoms with Crippen LogP contribution in [-0.4, -0.2) is 16.5 Å². The van der Waals surface area contributed by atoms with Gasteiger partial charge in [-0.2, -0.15) is 0 Å². The molecule has 0 unspecified atom stereocenters. The van der Waals surface area contributed by atoms with Crippen LogP contribution in [0.15, 0.2) is 28.1 Å². The summed E-state index contributed by atoms with van der Waals surface area (Å²) in [7, 11) is 0. The van der Waals surface area contributed by atoms with Gasteiger partial charge in [-0.1, -0.05) is 41.9 Å². The Hall–Kier alpha value is -0.970. The highest BCUT2D eigenvalue weighted by atomic mass is 35.5. The fourth-order valence-electron chi connectivity index (χ4n) is 1.78. The van der Waals surface area contributed by atoms with Gasteiger partial charge in [0.1, 0.15) is 16.7 Å². The van der Waals surface area contributed by atoms with E-state index >= 15 is 0 Å². The zero-order chi connectivity index (χ0) is 15.4. The third kappa shape index (κ3) is 4.25. The third-order valence-corrected chi connectivity index (χ3v) is 4.68. The van der Waals surface area contributed by atoms with Crippen LogP contribution in [0.1, 0.15) is 24.7 Å². The molecule has 2 aromatic rings. The zero-order valence-electron chi connectivity index (χ0n) is 12.2. The van der Waals surface area contributed by atoms with Crippen LogP contribution in [0.2, 0.25) is 10.0 Å². The second-order valence-corrected chi connectivity index (χ2v) is 6.53. The van der Waals surface area contributed by atoms with Gasteiger partial charge >= 0.3 is 0 Å². The van der Waals surface area contributed by atoms with Crippen molar-refractivity contribution in [1.82, 2.24) is 9.97 Å². The van der Waals surface area contributed by atoms with E-state index in [4.69, 9.17) is 23.2 Å². The van der Waals surface area contributed by atoms with Crippen molar-refractivity contribution in [3.8, 4) is 0 Å². The number of anilines is 1. The first kappa shape index (κ1) is 16.4. The van der Waals surface area contributed by atoms with Gasteiger partial charge in [-0.15, -0.1) is 0 Å². The minimum atomic E-state index is 0.662. The summed E-state index contributed by atoms with van der Waals surface area (Å²) >= 11 is 13.8. The first-order valence-corrected chi connectivity index (χ1v) is 8.30. The summed E-state index contributed by atoms with van der Waals surface area (Å²) < 4.78 is 0. The van der Waals surface area contributed by atoms with E-state index in [9.17, 15) is 0 Å². The molecular weight excluding hydrogens is 325 g/mol. The Labute approximate surface area is 139 Å². The molecule has 0 amide bonds. The van der Waals surface area contributed by atoms with Crippen LogP contribution in [0.4, 0.5) is 5.82 Å². The molecule has 0 atom stereocenters. The Bertz CT molecular complexity index is 647. The highest BCUT2D eigenvalue weighted by Gasteiger charge is 2.12. The Kier molecular flexibility index (Phi) is 5.73. The normalized spacial score (nSPS) is 10.7. The molecule has 0 saturated heterocycles. The second kappa shape index (κ2) is 7.34. The van der Waals surface area contributed by atoms with Crippen LogP contribution in [0.5, 0.6) is 0 Å². The van der Waals surface area contributed by atoms with Gasteiger partial charge in [0.2, 0.25) is 0 Å². The highest BCUT2D eigenvalue weighted by molar-refractivity contribution is 7.99. The van der Waals surface area contributed by atoms with E-state index in [2.05, 4.69) is 22.2 Å². The van der Waals surface area contributed by atoms with Crippen LogP contribution in [0, 0.1) is 13.8 Å². The summed E-state index contributed by atoms with van der Waals surface area (Å²) in [6.45, 7) is 6.91. The fourth-order valence-corrected chi connectivity index (χ4v) is 3.23. The van der Waals surface area contributed by atoms with Gasteiger partial charge in [-0.3, -0.25) is 0 Å². The van der Waals surface area contributed by atoms with Crippen LogP contribution in [0.3, 0.4) is 0 Å². The lowest BCUT2D eigenvalue weighted by Crippen LogP contribution is -2.07. The van der Waals surface area contributed by atoms with Crippen LogP contribution in [-0.2, 0) is 0 Å². The molecule has 0 saturated carbocycles. The summed E-state index contributed by atoms with van der Waals surface area (Å²) in [5.41, 5.74) is 1.02. The van der Waals surface area contributed by atoms with Gasteiger partial charge in [0.25, 0.3) is 0 Å². The summed E-state index contributed by atoms with van der Waals surface area (Å²) in [5.74, 6) is 1.62. The molecule has 21 heavy (non-hydrogen) atoms. The molecule has 3 nitrogen and oxygen atoms in total.